The minimum atomic E-state index is -0.316. The Hall–Kier alpha value is -0.940. The number of nitrogens with zero attached hydrogens (tertiary/aromatic N) is 1. The normalized spacial score (nSPS) is 18.5. The zero-order valence-corrected chi connectivity index (χ0v) is 11.6. The van der Waals surface area contributed by atoms with Gasteiger partial charge in [0.15, 0.2) is 0 Å². The largest absolute Gasteiger partial charge is 0.469 e. The third-order valence-electron chi connectivity index (χ3n) is 3.68. The molecule has 1 heterocycles. The second kappa shape index (κ2) is 6.29. The standard InChI is InChI=1S/C13H20N2O2S/c1-17-12(16)13(5-3-2-4-6-13)9-14-7-11-8-18-10-15-11/h8,10,14H,2-7,9H2,1H3. The van der Waals surface area contributed by atoms with Crippen molar-refractivity contribution in [3.8, 4) is 0 Å². The van der Waals surface area contributed by atoms with Gasteiger partial charge in [0, 0.05) is 18.5 Å². The Morgan fingerprint density at radius 1 is 1.50 bits per heavy atom. The summed E-state index contributed by atoms with van der Waals surface area (Å²) in [4.78, 5) is 16.2. The Balaban J connectivity index is 1.91. The molecule has 1 N–H and O–H groups in total. The molecule has 1 aromatic rings. The van der Waals surface area contributed by atoms with Crippen LogP contribution < -0.4 is 5.32 Å². The Kier molecular flexibility index (Phi) is 4.72. The van der Waals surface area contributed by atoms with Gasteiger partial charge in [0.1, 0.15) is 0 Å². The van der Waals surface area contributed by atoms with E-state index in [2.05, 4.69) is 10.3 Å². The summed E-state index contributed by atoms with van der Waals surface area (Å²) >= 11 is 1.59. The molecule has 0 radical (unpaired) electrons. The van der Waals surface area contributed by atoms with Gasteiger partial charge in [-0.1, -0.05) is 19.3 Å². The number of methoxy groups -OCH3 is 1. The van der Waals surface area contributed by atoms with E-state index in [9.17, 15) is 4.79 Å². The van der Waals surface area contributed by atoms with Crippen LogP contribution in [0.3, 0.4) is 0 Å². The molecule has 2 rings (SSSR count). The van der Waals surface area contributed by atoms with Gasteiger partial charge in [-0.2, -0.15) is 0 Å². The molecule has 0 unspecified atom stereocenters. The Morgan fingerprint density at radius 3 is 2.89 bits per heavy atom. The van der Waals surface area contributed by atoms with Crippen LogP contribution in [0.15, 0.2) is 10.9 Å². The highest BCUT2D eigenvalue weighted by molar-refractivity contribution is 7.07. The maximum absolute atomic E-state index is 12.0. The molecule has 18 heavy (non-hydrogen) atoms. The van der Waals surface area contributed by atoms with Crippen LogP contribution in [0.5, 0.6) is 0 Å². The van der Waals surface area contributed by atoms with E-state index in [0.29, 0.717) is 6.54 Å². The van der Waals surface area contributed by atoms with Crippen LogP contribution in [-0.2, 0) is 16.1 Å². The van der Waals surface area contributed by atoms with Gasteiger partial charge < -0.3 is 10.1 Å². The van der Waals surface area contributed by atoms with Crippen LogP contribution in [0.4, 0.5) is 0 Å². The number of hydrogen-bond donors (Lipinski definition) is 1. The van der Waals surface area contributed by atoms with E-state index >= 15 is 0 Å². The fraction of sp³-hybridized carbons (Fsp3) is 0.692. The lowest BCUT2D eigenvalue weighted by Gasteiger charge is -2.34. The first-order valence-electron chi connectivity index (χ1n) is 6.43. The molecular formula is C13H20N2O2S. The van der Waals surface area contributed by atoms with E-state index in [1.165, 1.54) is 13.5 Å². The molecule has 0 aromatic carbocycles. The molecule has 0 amide bonds. The minimum absolute atomic E-state index is 0.0621. The van der Waals surface area contributed by atoms with Crippen LogP contribution in [0.1, 0.15) is 37.8 Å². The van der Waals surface area contributed by atoms with Crippen molar-refractivity contribution in [3.05, 3.63) is 16.6 Å². The van der Waals surface area contributed by atoms with E-state index in [-0.39, 0.29) is 11.4 Å². The second-order valence-electron chi connectivity index (χ2n) is 4.92. The summed E-state index contributed by atoms with van der Waals surface area (Å²) < 4.78 is 4.99. The van der Waals surface area contributed by atoms with Crippen molar-refractivity contribution >= 4 is 17.3 Å². The molecule has 5 heteroatoms. The van der Waals surface area contributed by atoms with Crippen LogP contribution in [0.25, 0.3) is 0 Å². The quantitative estimate of drug-likeness (QED) is 0.833. The van der Waals surface area contributed by atoms with E-state index in [0.717, 1.165) is 37.9 Å². The van der Waals surface area contributed by atoms with Gasteiger partial charge in [0.05, 0.1) is 23.7 Å². The van der Waals surface area contributed by atoms with E-state index < -0.39 is 0 Å². The molecule has 4 nitrogen and oxygen atoms in total. The summed E-state index contributed by atoms with van der Waals surface area (Å²) in [6.45, 7) is 1.42. The molecule has 0 aliphatic heterocycles. The van der Waals surface area contributed by atoms with Gasteiger partial charge in [0.25, 0.3) is 0 Å². The highest BCUT2D eigenvalue weighted by atomic mass is 32.1. The lowest BCUT2D eigenvalue weighted by molar-refractivity contribution is -0.154. The van der Waals surface area contributed by atoms with Crippen molar-refractivity contribution in [1.82, 2.24) is 10.3 Å². The zero-order chi connectivity index (χ0) is 12.8. The Labute approximate surface area is 112 Å². The second-order valence-corrected chi connectivity index (χ2v) is 5.63. The van der Waals surface area contributed by atoms with Crippen molar-refractivity contribution in [3.63, 3.8) is 0 Å². The summed E-state index contributed by atoms with van der Waals surface area (Å²) in [5, 5.41) is 5.38. The number of rotatable bonds is 5. The van der Waals surface area contributed by atoms with Gasteiger partial charge in [-0.15, -0.1) is 11.3 Å². The lowest BCUT2D eigenvalue weighted by Crippen LogP contribution is -2.43. The summed E-state index contributed by atoms with van der Waals surface area (Å²) in [5.74, 6) is -0.0621. The highest BCUT2D eigenvalue weighted by Gasteiger charge is 2.40. The van der Waals surface area contributed by atoms with Crippen LogP contribution in [0, 0.1) is 5.41 Å². The zero-order valence-electron chi connectivity index (χ0n) is 10.8. The first-order valence-corrected chi connectivity index (χ1v) is 7.37. The number of ether oxygens (including phenoxy) is 1. The first-order chi connectivity index (χ1) is 8.77. The number of carbonyl (C=O) groups excluding carboxylic acids is 1. The number of aromatic nitrogens is 1. The fourth-order valence-corrected chi connectivity index (χ4v) is 3.21. The molecule has 0 spiro atoms. The monoisotopic (exact) mass is 268 g/mol. The summed E-state index contributed by atoms with van der Waals surface area (Å²) in [6, 6.07) is 0. The molecule has 100 valence electrons. The molecule has 0 bridgehead atoms. The number of nitrogens with one attached hydrogen (secondary N) is 1. The number of esters is 1. The van der Waals surface area contributed by atoms with E-state index in [1.54, 1.807) is 11.3 Å². The van der Waals surface area contributed by atoms with E-state index in [1.807, 2.05) is 10.9 Å². The van der Waals surface area contributed by atoms with Crippen LogP contribution in [0.2, 0.25) is 0 Å². The molecule has 1 saturated carbocycles. The molecule has 1 aliphatic carbocycles. The molecule has 1 aromatic heterocycles. The number of hydrogen-bond acceptors (Lipinski definition) is 5. The maximum Gasteiger partial charge on any atom is 0.313 e. The summed E-state index contributed by atoms with van der Waals surface area (Å²) in [5.41, 5.74) is 2.55. The van der Waals surface area contributed by atoms with Gasteiger partial charge >= 0.3 is 5.97 Å². The minimum Gasteiger partial charge on any atom is -0.469 e. The van der Waals surface area contributed by atoms with E-state index in [4.69, 9.17) is 4.74 Å². The highest BCUT2D eigenvalue weighted by Crippen LogP contribution is 2.36. The molecule has 0 atom stereocenters. The Morgan fingerprint density at radius 2 is 2.28 bits per heavy atom. The fourth-order valence-electron chi connectivity index (χ4n) is 2.65. The summed E-state index contributed by atoms with van der Waals surface area (Å²) in [6.07, 6.45) is 5.33. The molecular weight excluding hydrogens is 248 g/mol. The van der Waals surface area contributed by atoms with Crippen LogP contribution in [-0.4, -0.2) is 24.6 Å². The number of carbonyl (C=O) groups is 1. The predicted octanol–water partition coefficient (Wildman–Crippen LogP) is 2.36. The molecule has 1 aliphatic rings. The van der Waals surface area contributed by atoms with Gasteiger partial charge in [0.2, 0.25) is 0 Å². The van der Waals surface area contributed by atoms with Crippen molar-refractivity contribution in [2.24, 2.45) is 5.41 Å². The average molecular weight is 268 g/mol. The third kappa shape index (κ3) is 3.09. The van der Waals surface area contributed by atoms with Gasteiger partial charge in [-0.05, 0) is 12.8 Å². The predicted molar refractivity (Wildman–Crippen MR) is 71.4 cm³/mol. The van der Waals surface area contributed by atoms with Crippen molar-refractivity contribution in [1.29, 1.82) is 0 Å². The van der Waals surface area contributed by atoms with Gasteiger partial charge in [-0.25, -0.2) is 4.98 Å². The Bertz CT molecular complexity index is 372. The number of thiazole rings is 1. The van der Waals surface area contributed by atoms with Crippen molar-refractivity contribution in [2.45, 2.75) is 38.6 Å². The van der Waals surface area contributed by atoms with Gasteiger partial charge in [-0.3, -0.25) is 4.79 Å². The maximum atomic E-state index is 12.0. The first kappa shape index (κ1) is 13.5. The topological polar surface area (TPSA) is 51.2 Å². The lowest BCUT2D eigenvalue weighted by atomic mass is 9.74. The van der Waals surface area contributed by atoms with Crippen molar-refractivity contribution in [2.75, 3.05) is 13.7 Å². The van der Waals surface area contributed by atoms with Crippen molar-refractivity contribution < 1.29 is 9.53 Å². The average Bonchev–Trinajstić information content (AvgIpc) is 2.92. The third-order valence-corrected chi connectivity index (χ3v) is 4.32. The smallest absolute Gasteiger partial charge is 0.313 e. The summed E-state index contributed by atoms with van der Waals surface area (Å²) in [7, 11) is 1.49. The molecule has 0 saturated heterocycles. The molecule has 1 fully saturated rings. The van der Waals surface area contributed by atoms with Crippen LogP contribution >= 0.6 is 11.3 Å². The SMILES string of the molecule is COC(=O)C1(CNCc2cscn2)CCCCC1.